The molecule has 10 aromatic carbocycles. The van der Waals surface area contributed by atoms with E-state index in [4.69, 9.17) is 9.97 Å². The van der Waals surface area contributed by atoms with E-state index in [1.54, 1.807) is 0 Å². The Kier molecular flexibility index (Phi) is 11.3. The lowest BCUT2D eigenvalue weighted by Gasteiger charge is -2.26. The Morgan fingerprint density at radius 1 is 0.296 bits per heavy atom. The molecule has 0 N–H and O–H groups in total. The highest BCUT2D eigenvalue weighted by Crippen LogP contribution is 2.43. The molecule has 0 unspecified atom stereocenters. The fraction of sp³-hybridized carbons (Fsp3) is 0.0303. The van der Waals surface area contributed by atoms with Gasteiger partial charge in [-0.25, -0.2) is 9.97 Å². The molecule has 5 heteroatoms. The molecule has 2 heterocycles. The second-order valence-electron chi connectivity index (χ2n) is 18.1. The van der Waals surface area contributed by atoms with Gasteiger partial charge in [0.15, 0.2) is 5.82 Å². The van der Waals surface area contributed by atoms with Crippen LogP contribution in [0.15, 0.2) is 261 Å². The van der Waals surface area contributed by atoms with Gasteiger partial charge in [-0.05, 0) is 140 Å². The molecule has 0 atom stereocenters. The van der Waals surface area contributed by atoms with Crippen molar-refractivity contribution < 1.29 is 0 Å². The van der Waals surface area contributed by atoms with Crippen molar-refractivity contribution in [2.24, 2.45) is 0 Å². The van der Waals surface area contributed by atoms with Crippen molar-refractivity contribution in [1.29, 1.82) is 0 Å². The van der Waals surface area contributed by atoms with E-state index in [9.17, 15) is 0 Å². The van der Waals surface area contributed by atoms with Gasteiger partial charge in [-0.15, -0.1) is 0 Å². The van der Waals surface area contributed by atoms with Crippen molar-refractivity contribution in [2.75, 3.05) is 9.80 Å². The first-order chi connectivity index (χ1) is 35.0. The van der Waals surface area contributed by atoms with Crippen molar-refractivity contribution in [3.05, 3.63) is 272 Å². The molecule has 0 aliphatic carbocycles. The number of aromatic nitrogens is 3. The van der Waals surface area contributed by atoms with E-state index in [2.05, 4.69) is 289 Å². The molecule has 0 saturated carbocycles. The average molecular weight is 912 g/mol. The standard InChI is InChI=1S/C66H49N5/c1-46-17-15-19-51(41-46)63-45-62(67-66(68-63)52-20-16-18-47(2)42-52)50-31-29-48(30-32-50)49-33-35-57(36-34-49)71-64-39-37-58(69(53-21-7-3-8-22-53)54-23-9-4-10-24-54)43-60(64)61-44-59(38-40-65(61)71)70(55-25-11-5-12-26-55)56-27-13-6-14-28-56/h3-45H,1-2H3. The predicted octanol–water partition coefficient (Wildman–Crippen LogP) is 17.8. The van der Waals surface area contributed by atoms with E-state index in [0.29, 0.717) is 5.82 Å². The zero-order valence-corrected chi connectivity index (χ0v) is 39.6. The van der Waals surface area contributed by atoms with Crippen LogP contribution in [0.2, 0.25) is 0 Å². The molecule has 0 spiro atoms. The van der Waals surface area contributed by atoms with Gasteiger partial charge in [0.25, 0.3) is 0 Å². The summed E-state index contributed by atoms with van der Waals surface area (Å²) in [6, 6.07) is 93.0. The minimum atomic E-state index is 0.717. The molecule has 0 amide bonds. The summed E-state index contributed by atoms with van der Waals surface area (Å²) in [4.78, 5) is 14.9. The molecule has 2 aromatic heterocycles. The van der Waals surface area contributed by atoms with E-state index in [1.165, 1.54) is 11.1 Å². The number of rotatable bonds is 11. The highest BCUT2D eigenvalue weighted by atomic mass is 15.1. The SMILES string of the molecule is Cc1cccc(-c2cc(-c3ccc(-c4ccc(-n5c6ccc(N(c7ccccc7)c7ccccc7)cc6c6cc(N(c7ccccc7)c7ccccc7)ccc65)cc4)cc3)nc(-c3cccc(C)c3)n2)c1. The zero-order valence-electron chi connectivity index (χ0n) is 39.6. The Morgan fingerprint density at radius 2 is 0.690 bits per heavy atom. The zero-order chi connectivity index (χ0) is 47.7. The number of benzene rings is 10. The van der Waals surface area contributed by atoms with Crippen molar-refractivity contribution in [2.45, 2.75) is 13.8 Å². The van der Waals surface area contributed by atoms with E-state index in [-0.39, 0.29) is 0 Å². The molecule has 71 heavy (non-hydrogen) atoms. The molecule has 338 valence electrons. The molecular weight excluding hydrogens is 863 g/mol. The van der Waals surface area contributed by atoms with Gasteiger partial charge in [0.05, 0.1) is 22.4 Å². The van der Waals surface area contributed by atoms with E-state index in [0.717, 1.165) is 101 Å². The van der Waals surface area contributed by atoms with Crippen molar-refractivity contribution >= 4 is 55.9 Å². The Labute approximate surface area is 414 Å². The number of hydrogen-bond donors (Lipinski definition) is 0. The predicted molar refractivity (Wildman–Crippen MR) is 297 cm³/mol. The van der Waals surface area contributed by atoms with Crippen LogP contribution in [0.4, 0.5) is 34.1 Å². The van der Waals surface area contributed by atoms with Crippen LogP contribution in [0, 0.1) is 13.8 Å². The lowest BCUT2D eigenvalue weighted by atomic mass is 10.0. The van der Waals surface area contributed by atoms with E-state index >= 15 is 0 Å². The Bertz CT molecular complexity index is 3530. The van der Waals surface area contributed by atoms with Crippen molar-refractivity contribution in [1.82, 2.24) is 14.5 Å². The quantitative estimate of drug-likeness (QED) is 0.130. The first kappa shape index (κ1) is 43.0. The van der Waals surface area contributed by atoms with Crippen molar-refractivity contribution in [3.8, 4) is 50.7 Å². The fourth-order valence-electron chi connectivity index (χ4n) is 9.86. The maximum atomic E-state index is 5.13. The van der Waals surface area contributed by atoms with Gasteiger partial charge in [0, 0.05) is 67.3 Å². The molecule has 0 saturated heterocycles. The molecule has 0 bridgehead atoms. The van der Waals surface area contributed by atoms with Gasteiger partial charge < -0.3 is 14.4 Å². The van der Waals surface area contributed by atoms with Crippen LogP contribution in [0.1, 0.15) is 11.1 Å². The van der Waals surface area contributed by atoms with E-state index < -0.39 is 0 Å². The van der Waals surface area contributed by atoms with Gasteiger partial charge >= 0.3 is 0 Å². The first-order valence-electron chi connectivity index (χ1n) is 24.1. The summed E-state index contributed by atoms with van der Waals surface area (Å²) < 4.78 is 2.41. The summed E-state index contributed by atoms with van der Waals surface area (Å²) in [6.07, 6.45) is 0. The van der Waals surface area contributed by atoms with Gasteiger partial charge in [0.2, 0.25) is 0 Å². The molecular formula is C66H49N5. The molecule has 5 nitrogen and oxygen atoms in total. The highest BCUT2D eigenvalue weighted by molar-refractivity contribution is 6.12. The second kappa shape index (κ2) is 18.6. The normalized spacial score (nSPS) is 11.2. The molecule has 0 fully saturated rings. The minimum absolute atomic E-state index is 0.717. The summed E-state index contributed by atoms with van der Waals surface area (Å²) in [6.45, 7) is 4.22. The lowest BCUT2D eigenvalue weighted by molar-refractivity contribution is 1.18. The number of para-hydroxylation sites is 4. The maximum Gasteiger partial charge on any atom is 0.160 e. The van der Waals surface area contributed by atoms with Crippen LogP contribution in [-0.2, 0) is 0 Å². The highest BCUT2D eigenvalue weighted by Gasteiger charge is 2.20. The Morgan fingerprint density at radius 3 is 1.14 bits per heavy atom. The minimum Gasteiger partial charge on any atom is -0.310 e. The summed E-state index contributed by atoms with van der Waals surface area (Å²) in [7, 11) is 0. The molecule has 0 radical (unpaired) electrons. The third kappa shape index (κ3) is 8.51. The second-order valence-corrected chi connectivity index (χ2v) is 18.1. The van der Waals surface area contributed by atoms with Crippen LogP contribution in [-0.4, -0.2) is 14.5 Å². The van der Waals surface area contributed by atoms with Crippen LogP contribution in [0.3, 0.4) is 0 Å². The third-order valence-electron chi connectivity index (χ3n) is 13.3. The number of nitrogens with zero attached hydrogens (tertiary/aromatic N) is 5. The largest absolute Gasteiger partial charge is 0.310 e. The average Bonchev–Trinajstić information content (AvgIpc) is 3.75. The number of fused-ring (bicyclic) bond motifs is 3. The van der Waals surface area contributed by atoms with Crippen molar-refractivity contribution in [3.63, 3.8) is 0 Å². The molecule has 12 rings (SSSR count). The molecule has 0 aliphatic rings. The maximum absolute atomic E-state index is 5.13. The lowest BCUT2D eigenvalue weighted by Crippen LogP contribution is -2.09. The number of hydrogen-bond acceptors (Lipinski definition) is 4. The van der Waals surface area contributed by atoms with Gasteiger partial charge in [0.1, 0.15) is 0 Å². The smallest absolute Gasteiger partial charge is 0.160 e. The van der Waals surface area contributed by atoms with Gasteiger partial charge in [-0.1, -0.05) is 157 Å². The van der Waals surface area contributed by atoms with Gasteiger partial charge in [-0.3, -0.25) is 0 Å². The van der Waals surface area contributed by atoms with E-state index in [1.807, 2.05) is 0 Å². The topological polar surface area (TPSA) is 37.2 Å². The summed E-state index contributed by atoms with van der Waals surface area (Å²) in [5, 5.41) is 2.33. The number of anilines is 6. The van der Waals surface area contributed by atoms with Crippen LogP contribution in [0.25, 0.3) is 72.5 Å². The summed E-state index contributed by atoms with van der Waals surface area (Å²) >= 11 is 0. The first-order valence-corrected chi connectivity index (χ1v) is 24.1. The van der Waals surface area contributed by atoms with Crippen LogP contribution >= 0.6 is 0 Å². The summed E-state index contributed by atoms with van der Waals surface area (Å²) in [5.74, 6) is 0.717. The number of aryl methyl sites for hydroxylation is 2. The monoisotopic (exact) mass is 911 g/mol. The third-order valence-corrected chi connectivity index (χ3v) is 13.3. The van der Waals surface area contributed by atoms with Crippen LogP contribution in [0.5, 0.6) is 0 Å². The van der Waals surface area contributed by atoms with Crippen LogP contribution < -0.4 is 9.80 Å². The fourth-order valence-corrected chi connectivity index (χ4v) is 9.86. The summed E-state index contributed by atoms with van der Waals surface area (Å²) in [5.41, 5.74) is 19.5. The Balaban J connectivity index is 0.950. The molecule has 12 aromatic rings. The van der Waals surface area contributed by atoms with Gasteiger partial charge in [-0.2, -0.15) is 0 Å². The molecule has 0 aliphatic heterocycles. The Hall–Kier alpha value is -9.32.